The third-order valence-electron chi connectivity index (χ3n) is 2.65. The second-order valence-electron chi connectivity index (χ2n) is 3.83. The molecule has 0 atom stereocenters. The van der Waals surface area contributed by atoms with Crippen molar-refractivity contribution >= 4 is 6.21 Å². The van der Waals surface area contributed by atoms with Gasteiger partial charge in [0.25, 0.3) is 0 Å². The van der Waals surface area contributed by atoms with Crippen molar-refractivity contribution in [2.45, 2.75) is 0 Å². The molecule has 0 N–H and O–H groups in total. The zero-order valence-electron chi connectivity index (χ0n) is 10.3. The molecule has 0 bridgehead atoms. The van der Waals surface area contributed by atoms with Crippen molar-refractivity contribution in [3.05, 3.63) is 59.2 Å². The third kappa shape index (κ3) is 2.36. The van der Waals surface area contributed by atoms with Crippen LogP contribution in [0.4, 0.5) is 17.6 Å². The Balaban J connectivity index is 2.75. The average Bonchev–Trinajstić information content (AvgIpc) is 2.46. The third-order valence-corrected chi connectivity index (χ3v) is 2.65. The van der Waals surface area contributed by atoms with E-state index in [9.17, 15) is 17.6 Å². The van der Waals surface area contributed by atoms with Crippen molar-refractivity contribution in [2.75, 3.05) is 7.11 Å². The maximum absolute atomic E-state index is 14.2. The Bertz CT molecular complexity index is 656. The quantitative estimate of drug-likeness (QED) is 0.275. The molecule has 0 aliphatic heterocycles. The Morgan fingerprint density at radius 1 is 0.900 bits per heavy atom. The van der Waals surface area contributed by atoms with Crippen LogP contribution in [-0.2, 0) is 4.84 Å². The molecule has 0 spiro atoms. The Hall–Kier alpha value is -2.37. The lowest BCUT2D eigenvalue weighted by atomic mass is 10.0. The largest absolute Gasteiger partial charge is 0.399 e. The molecule has 0 aliphatic carbocycles. The smallest absolute Gasteiger partial charge is 0.195 e. The molecule has 2 nitrogen and oxygen atoms in total. The fourth-order valence-electron chi connectivity index (χ4n) is 1.73. The molecule has 0 heterocycles. The molecule has 0 radical (unpaired) electrons. The van der Waals surface area contributed by atoms with Crippen LogP contribution in [0.25, 0.3) is 11.1 Å². The van der Waals surface area contributed by atoms with Crippen LogP contribution in [0, 0.1) is 23.3 Å². The highest BCUT2D eigenvalue weighted by Crippen LogP contribution is 2.31. The molecule has 2 rings (SSSR count). The summed E-state index contributed by atoms with van der Waals surface area (Å²) in [5.41, 5.74) is -1.36. The van der Waals surface area contributed by atoms with Crippen LogP contribution in [0.1, 0.15) is 5.56 Å². The lowest BCUT2D eigenvalue weighted by Gasteiger charge is -2.10. The number of hydrogen-bond acceptors (Lipinski definition) is 2. The lowest BCUT2D eigenvalue weighted by Crippen LogP contribution is -2.06. The monoisotopic (exact) mass is 283 g/mol. The summed E-state index contributed by atoms with van der Waals surface area (Å²) in [6.07, 6.45) is 0.652. The fraction of sp³-hybridized carbons (Fsp3) is 0.0714. The topological polar surface area (TPSA) is 21.6 Å². The van der Waals surface area contributed by atoms with Crippen LogP contribution in [0.15, 0.2) is 35.5 Å². The number of nitrogens with zero attached hydrogens (tertiary/aromatic N) is 1. The van der Waals surface area contributed by atoms with Crippen molar-refractivity contribution in [3.8, 4) is 11.1 Å². The second-order valence-corrected chi connectivity index (χ2v) is 3.83. The van der Waals surface area contributed by atoms with Gasteiger partial charge in [0.05, 0.1) is 17.3 Å². The van der Waals surface area contributed by atoms with Gasteiger partial charge in [0, 0.05) is 0 Å². The fourth-order valence-corrected chi connectivity index (χ4v) is 1.73. The Kier molecular flexibility index (Phi) is 4.02. The predicted molar refractivity (Wildman–Crippen MR) is 66.3 cm³/mol. The molecular formula is C14H9F4NO. The minimum Gasteiger partial charge on any atom is -0.399 e. The van der Waals surface area contributed by atoms with Gasteiger partial charge in [0.15, 0.2) is 17.5 Å². The average molecular weight is 283 g/mol. The van der Waals surface area contributed by atoms with E-state index in [0.29, 0.717) is 6.21 Å². The van der Waals surface area contributed by atoms with E-state index in [2.05, 4.69) is 9.99 Å². The van der Waals surface area contributed by atoms with E-state index >= 15 is 0 Å². The summed E-state index contributed by atoms with van der Waals surface area (Å²) in [7, 11) is 1.16. The van der Waals surface area contributed by atoms with Crippen LogP contribution in [-0.4, -0.2) is 13.3 Å². The minimum absolute atomic E-state index is 0.0912. The summed E-state index contributed by atoms with van der Waals surface area (Å²) in [4.78, 5) is 4.29. The van der Waals surface area contributed by atoms with Crippen molar-refractivity contribution in [3.63, 3.8) is 0 Å². The first-order valence-electron chi connectivity index (χ1n) is 5.55. The molecule has 0 saturated heterocycles. The summed E-state index contributed by atoms with van der Waals surface area (Å²) in [5.74, 6) is -6.24. The summed E-state index contributed by atoms with van der Waals surface area (Å²) < 4.78 is 55.0. The maximum atomic E-state index is 14.2. The predicted octanol–water partition coefficient (Wildman–Crippen LogP) is 3.89. The maximum Gasteiger partial charge on any atom is 0.195 e. The van der Waals surface area contributed by atoms with Crippen LogP contribution in [0.2, 0.25) is 0 Å². The van der Waals surface area contributed by atoms with Crippen LogP contribution in [0.3, 0.4) is 0 Å². The first-order valence-corrected chi connectivity index (χ1v) is 5.55. The summed E-state index contributed by atoms with van der Waals surface area (Å²) in [5, 5.41) is 3.18. The van der Waals surface area contributed by atoms with Crippen molar-refractivity contribution in [2.24, 2.45) is 5.16 Å². The number of oxime groups is 1. The van der Waals surface area contributed by atoms with E-state index in [1.54, 1.807) is 6.07 Å². The van der Waals surface area contributed by atoms with Crippen LogP contribution in [0.5, 0.6) is 0 Å². The Morgan fingerprint density at radius 2 is 1.55 bits per heavy atom. The van der Waals surface area contributed by atoms with Crippen LogP contribution >= 0.6 is 0 Å². The molecule has 20 heavy (non-hydrogen) atoms. The van der Waals surface area contributed by atoms with Crippen LogP contribution < -0.4 is 0 Å². The molecule has 0 aromatic heterocycles. The second kappa shape index (κ2) is 5.73. The molecule has 0 amide bonds. The van der Waals surface area contributed by atoms with Gasteiger partial charge in [-0.25, -0.2) is 17.6 Å². The summed E-state index contributed by atoms with van der Waals surface area (Å²) in [6.45, 7) is 0. The molecular weight excluding hydrogens is 274 g/mol. The molecule has 0 saturated carbocycles. The van der Waals surface area contributed by atoms with Gasteiger partial charge in [-0.2, -0.15) is 0 Å². The molecule has 2 aromatic rings. The van der Waals surface area contributed by atoms with Gasteiger partial charge >= 0.3 is 0 Å². The highest BCUT2D eigenvalue weighted by molar-refractivity contribution is 5.83. The normalized spacial score (nSPS) is 11.1. The number of halogens is 4. The van der Waals surface area contributed by atoms with E-state index < -0.39 is 34.4 Å². The lowest BCUT2D eigenvalue weighted by molar-refractivity contribution is 0.215. The Morgan fingerprint density at radius 3 is 2.15 bits per heavy atom. The molecule has 0 unspecified atom stereocenters. The van der Waals surface area contributed by atoms with E-state index in [4.69, 9.17) is 0 Å². The van der Waals surface area contributed by atoms with Gasteiger partial charge in [-0.05, 0) is 5.56 Å². The molecule has 0 aliphatic rings. The minimum atomic E-state index is -1.76. The van der Waals surface area contributed by atoms with Gasteiger partial charge in [0.2, 0.25) is 0 Å². The van der Waals surface area contributed by atoms with E-state index in [1.165, 1.54) is 24.3 Å². The molecule has 2 aromatic carbocycles. The van der Waals surface area contributed by atoms with Crippen molar-refractivity contribution < 1.29 is 22.4 Å². The Labute approximate surface area is 112 Å². The van der Waals surface area contributed by atoms with E-state index in [1.807, 2.05) is 0 Å². The van der Waals surface area contributed by atoms with Gasteiger partial charge in [-0.1, -0.05) is 35.5 Å². The highest BCUT2D eigenvalue weighted by Gasteiger charge is 2.25. The van der Waals surface area contributed by atoms with Gasteiger partial charge < -0.3 is 4.84 Å². The molecule has 6 heteroatoms. The summed E-state index contributed by atoms with van der Waals surface area (Å²) in [6, 6.07) is 7.45. The summed E-state index contributed by atoms with van der Waals surface area (Å²) >= 11 is 0. The zero-order chi connectivity index (χ0) is 14.7. The standard InChI is InChI=1S/C14H9F4NO/c1-20-19-7-9-11(15)10(8-5-3-2-4-6-8)13(17)14(18)12(9)16/h2-7H,1H3/b19-7+. The van der Waals surface area contributed by atoms with Gasteiger partial charge in [-0.3, -0.25) is 0 Å². The van der Waals surface area contributed by atoms with Crippen molar-refractivity contribution in [1.29, 1.82) is 0 Å². The number of hydrogen-bond donors (Lipinski definition) is 0. The zero-order valence-corrected chi connectivity index (χ0v) is 10.3. The highest BCUT2D eigenvalue weighted by atomic mass is 19.2. The van der Waals surface area contributed by atoms with E-state index in [0.717, 1.165) is 7.11 Å². The molecule has 104 valence electrons. The van der Waals surface area contributed by atoms with Gasteiger partial charge in [0.1, 0.15) is 12.9 Å². The first-order chi connectivity index (χ1) is 9.57. The first kappa shape index (κ1) is 14.0. The molecule has 0 fully saturated rings. The number of benzene rings is 2. The van der Waals surface area contributed by atoms with E-state index in [-0.39, 0.29) is 5.56 Å². The number of rotatable bonds is 3. The van der Waals surface area contributed by atoms with Crippen molar-refractivity contribution in [1.82, 2.24) is 0 Å². The van der Waals surface area contributed by atoms with Gasteiger partial charge in [-0.15, -0.1) is 0 Å². The SMILES string of the molecule is CO/N=C/c1c(F)c(F)c(F)c(-c2ccccc2)c1F.